The van der Waals surface area contributed by atoms with Crippen LogP contribution in [0.3, 0.4) is 0 Å². The Hall–Kier alpha value is -2.64. The molecule has 13 heteroatoms. The van der Waals surface area contributed by atoms with Crippen LogP contribution in [0.5, 0.6) is 0 Å². The maximum atomic E-state index is 13.7. The van der Waals surface area contributed by atoms with Crippen LogP contribution in [0.1, 0.15) is 31.4 Å². The van der Waals surface area contributed by atoms with Gasteiger partial charge in [-0.1, -0.05) is 17.7 Å². The number of aromatic nitrogens is 3. The van der Waals surface area contributed by atoms with Gasteiger partial charge in [-0.05, 0) is 50.0 Å². The Balaban J connectivity index is 1.14. The van der Waals surface area contributed by atoms with Gasteiger partial charge >= 0.3 is 6.03 Å². The predicted molar refractivity (Wildman–Crippen MR) is 143 cm³/mol. The van der Waals surface area contributed by atoms with Crippen LogP contribution in [0.4, 0.5) is 14.9 Å². The number of carbonyl (C=O) groups is 1. The van der Waals surface area contributed by atoms with Gasteiger partial charge in [-0.25, -0.2) is 17.6 Å². The van der Waals surface area contributed by atoms with Gasteiger partial charge in [0.15, 0.2) is 9.84 Å². The highest BCUT2D eigenvalue weighted by atomic mass is 32.2. The molecule has 0 spiro atoms. The van der Waals surface area contributed by atoms with E-state index in [4.69, 9.17) is 5.73 Å². The smallest absolute Gasteiger partial charge is 0.315 e. The van der Waals surface area contributed by atoms with Crippen LogP contribution >= 0.6 is 11.8 Å². The van der Waals surface area contributed by atoms with Crippen LogP contribution in [0, 0.1) is 0 Å². The third kappa shape index (κ3) is 7.68. The number of hydrogen-bond donors (Lipinski definition) is 4. The highest BCUT2D eigenvalue weighted by Crippen LogP contribution is 2.33. The van der Waals surface area contributed by atoms with Gasteiger partial charge in [0.1, 0.15) is 11.6 Å². The molecule has 1 aromatic heterocycles. The van der Waals surface area contributed by atoms with Gasteiger partial charge in [0.05, 0.1) is 22.7 Å². The van der Waals surface area contributed by atoms with Gasteiger partial charge < -0.3 is 21.7 Å². The summed E-state index contributed by atoms with van der Waals surface area (Å²) in [6.45, 7) is 1.39. The number of urea groups is 1. The summed E-state index contributed by atoms with van der Waals surface area (Å²) in [5.74, 6) is -0.469. The van der Waals surface area contributed by atoms with E-state index in [2.05, 4.69) is 26.3 Å². The quantitative estimate of drug-likeness (QED) is 0.207. The Morgan fingerprint density at radius 2 is 2.16 bits per heavy atom. The minimum Gasteiger partial charge on any atom is -0.385 e. The summed E-state index contributed by atoms with van der Waals surface area (Å²) < 4.78 is 40.4. The Morgan fingerprint density at radius 1 is 1.30 bits per heavy atom. The summed E-state index contributed by atoms with van der Waals surface area (Å²) in [6, 6.07) is 6.86. The lowest BCUT2D eigenvalue weighted by Crippen LogP contribution is -2.36. The molecular weight excluding hydrogens is 517 g/mol. The maximum Gasteiger partial charge on any atom is 0.315 e. The predicted octanol–water partition coefficient (Wildman–Crippen LogP) is 2.24. The fraction of sp³-hybridized carbons (Fsp3) is 0.542. The zero-order valence-electron chi connectivity index (χ0n) is 20.6. The van der Waals surface area contributed by atoms with E-state index in [1.165, 1.54) is 12.1 Å². The molecule has 0 aliphatic carbocycles. The van der Waals surface area contributed by atoms with Gasteiger partial charge in [-0.2, -0.15) is 11.8 Å². The topological polar surface area (TPSA) is 144 Å². The first-order valence-electron chi connectivity index (χ1n) is 12.5. The lowest BCUT2D eigenvalue weighted by Gasteiger charge is -2.16. The number of nitrogens with one attached hydrogen (secondary N) is 3. The van der Waals surface area contributed by atoms with E-state index in [9.17, 15) is 17.6 Å². The van der Waals surface area contributed by atoms with Crippen molar-refractivity contribution >= 4 is 33.3 Å². The summed E-state index contributed by atoms with van der Waals surface area (Å²) in [7, 11) is -3.78. The molecule has 2 fully saturated rings. The first-order valence-corrected chi connectivity index (χ1v) is 15.2. The highest BCUT2D eigenvalue weighted by molar-refractivity contribution is 8.00. The monoisotopic (exact) mass is 551 g/mol. The first kappa shape index (κ1) is 27.4. The number of halogens is 1. The molecule has 1 aromatic carbocycles. The molecule has 202 valence electrons. The van der Waals surface area contributed by atoms with Crippen LogP contribution in [-0.4, -0.2) is 71.4 Å². The number of amides is 2. The normalized spacial score (nSPS) is 21.5. The van der Waals surface area contributed by atoms with Crippen LogP contribution in [0.2, 0.25) is 0 Å². The van der Waals surface area contributed by atoms with E-state index in [1.807, 2.05) is 22.6 Å². The zero-order chi connectivity index (χ0) is 26.3. The number of rotatable bonds is 14. The van der Waals surface area contributed by atoms with Crippen molar-refractivity contribution in [2.75, 3.05) is 29.9 Å². The number of unbranched alkanes of at least 4 members (excludes halogenated alkanes) is 1. The Kier molecular flexibility index (Phi) is 9.43. The molecule has 5 N–H and O–H groups in total. The summed E-state index contributed by atoms with van der Waals surface area (Å²) in [4.78, 5) is 11.6. The SMILES string of the molecule is NC/C=C(\F)CS(=O)(=O)c1cccc(NCCCc2cn(CCCC[C@@H]3SC[C@@H]4NC(=O)N[C@@H]43)nn2)c1. The van der Waals surface area contributed by atoms with Crippen molar-refractivity contribution in [3.05, 3.63) is 48.1 Å². The van der Waals surface area contributed by atoms with Crippen LogP contribution in [0.25, 0.3) is 0 Å². The number of carbonyl (C=O) groups excluding carboxylic acids is 1. The van der Waals surface area contributed by atoms with Gasteiger partial charge in [-0.3, -0.25) is 4.68 Å². The number of benzene rings is 1. The van der Waals surface area contributed by atoms with Crippen molar-refractivity contribution in [1.82, 2.24) is 25.6 Å². The van der Waals surface area contributed by atoms with Gasteiger partial charge in [0.25, 0.3) is 0 Å². The van der Waals surface area contributed by atoms with Crippen LogP contribution < -0.4 is 21.7 Å². The molecular formula is C24H34FN7O3S2. The van der Waals surface area contributed by atoms with Crippen molar-refractivity contribution in [2.24, 2.45) is 5.73 Å². The molecule has 10 nitrogen and oxygen atoms in total. The molecule has 3 atom stereocenters. The number of hydrogen-bond acceptors (Lipinski definition) is 8. The molecule has 0 radical (unpaired) electrons. The Morgan fingerprint density at radius 3 is 3.00 bits per heavy atom. The second-order valence-electron chi connectivity index (χ2n) is 9.29. The van der Waals surface area contributed by atoms with Gasteiger partial charge in [0, 0.05) is 42.5 Å². The molecule has 2 aromatic rings. The molecule has 2 aliphatic heterocycles. The third-order valence-electron chi connectivity index (χ3n) is 6.45. The van der Waals surface area contributed by atoms with E-state index < -0.39 is 21.4 Å². The standard InChI is InChI=1S/C24H34FN7O3S2/c25-17(9-10-26)16-37(34,35)20-7-3-5-18(13-20)27-11-4-6-19-14-32(31-30-19)12-2-1-8-22-23-21(15-36-22)28-24(33)29-23/h3,5,7,9,13-14,21-23,27H,1-2,4,6,8,10-12,15-16,26H2,(H2,28,29,33)/b17-9-/t21-,22-,23-/m0/s1. The Bertz CT molecular complexity index is 1200. The van der Waals surface area contributed by atoms with Crippen molar-refractivity contribution < 1.29 is 17.6 Å². The number of thioether (sulfide) groups is 1. The van der Waals surface area contributed by atoms with Crippen molar-refractivity contribution in [2.45, 2.75) is 60.9 Å². The summed E-state index contributed by atoms with van der Waals surface area (Å²) in [6.07, 6.45) is 7.72. The minimum absolute atomic E-state index is 0.0445. The number of nitrogens with two attached hydrogens (primary N) is 1. The molecule has 2 amide bonds. The molecule has 0 unspecified atom stereocenters. The molecule has 37 heavy (non-hydrogen) atoms. The molecule has 4 rings (SSSR count). The van der Waals surface area contributed by atoms with E-state index in [0.717, 1.165) is 56.2 Å². The lowest BCUT2D eigenvalue weighted by molar-refractivity contribution is 0.247. The number of nitrogens with zero attached hydrogens (tertiary/aromatic N) is 3. The summed E-state index contributed by atoms with van der Waals surface area (Å²) in [5.41, 5.74) is 6.82. The lowest BCUT2D eigenvalue weighted by atomic mass is 10.0. The molecule has 3 heterocycles. The van der Waals surface area contributed by atoms with E-state index in [-0.39, 0.29) is 29.6 Å². The number of aryl methyl sites for hydroxylation is 2. The van der Waals surface area contributed by atoms with Crippen LogP contribution in [-0.2, 0) is 22.8 Å². The Labute approximate surface area is 220 Å². The number of anilines is 1. The van der Waals surface area contributed by atoms with E-state index in [0.29, 0.717) is 17.5 Å². The zero-order valence-corrected chi connectivity index (χ0v) is 22.2. The van der Waals surface area contributed by atoms with Crippen molar-refractivity contribution in [3.8, 4) is 0 Å². The summed E-state index contributed by atoms with van der Waals surface area (Å²) in [5, 5.41) is 18.2. The van der Waals surface area contributed by atoms with Crippen LogP contribution in [0.15, 0.2) is 47.3 Å². The largest absolute Gasteiger partial charge is 0.385 e. The van der Waals surface area contributed by atoms with Gasteiger partial charge in [0.2, 0.25) is 0 Å². The second-order valence-corrected chi connectivity index (χ2v) is 12.6. The van der Waals surface area contributed by atoms with E-state index in [1.54, 1.807) is 12.1 Å². The molecule has 2 saturated heterocycles. The number of sulfone groups is 1. The van der Waals surface area contributed by atoms with Gasteiger partial charge in [-0.15, -0.1) is 5.10 Å². The third-order valence-corrected chi connectivity index (χ3v) is 9.59. The number of fused-ring (bicyclic) bond motifs is 1. The van der Waals surface area contributed by atoms with Crippen molar-refractivity contribution in [1.29, 1.82) is 0 Å². The fourth-order valence-corrected chi connectivity index (χ4v) is 7.36. The summed E-state index contributed by atoms with van der Waals surface area (Å²) >= 11 is 1.93. The highest BCUT2D eigenvalue weighted by Gasteiger charge is 2.42. The maximum absolute atomic E-state index is 13.7. The van der Waals surface area contributed by atoms with Crippen molar-refractivity contribution in [3.63, 3.8) is 0 Å². The molecule has 0 saturated carbocycles. The average Bonchev–Trinajstić information content (AvgIpc) is 3.56. The second kappa shape index (κ2) is 12.7. The first-order chi connectivity index (χ1) is 17.8. The minimum atomic E-state index is -3.78. The van der Waals surface area contributed by atoms with E-state index >= 15 is 0 Å². The molecule has 2 aliphatic rings. The molecule has 0 bridgehead atoms. The fourth-order valence-electron chi connectivity index (χ4n) is 4.58. The average molecular weight is 552 g/mol.